The van der Waals surface area contributed by atoms with Crippen molar-refractivity contribution < 1.29 is 9.52 Å². The normalized spacial score (nSPS) is 10.7. The van der Waals surface area contributed by atoms with Crippen molar-refractivity contribution in [2.45, 2.75) is 20.1 Å². The molecule has 1 N–H and O–H groups in total. The molecule has 0 radical (unpaired) electrons. The Labute approximate surface area is 81.8 Å². The maximum atomic E-state index is 8.85. The molecule has 0 aliphatic carbocycles. The molecule has 2 heterocycles. The lowest BCUT2D eigenvalue weighted by atomic mass is 10.4. The van der Waals surface area contributed by atoms with Crippen LogP contribution in [0.1, 0.15) is 12.7 Å². The zero-order valence-corrected chi connectivity index (χ0v) is 7.97. The van der Waals surface area contributed by atoms with Crippen LogP contribution in [0.4, 0.5) is 0 Å². The van der Waals surface area contributed by atoms with Crippen LogP contribution in [-0.2, 0) is 13.2 Å². The molecule has 0 fully saturated rings. The SMILES string of the molecule is CCn1ccnc1-c1ccc(CO)o1. The minimum Gasteiger partial charge on any atom is -0.455 e. The van der Waals surface area contributed by atoms with E-state index in [9.17, 15) is 0 Å². The van der Waals surface area contributed by atoms with Crippen molar-refractivity contribution in [3.05, 3.63) is 30.3 Å². The third-order valence-electron chi connectivity index (χ3n) is 2.09. The van der Waals surface area contributed by atoms with Crippen LogP contribution >= 0.6 is 0 Å². The molecule has 0 unspecified atom stereocenters. The van der Waals surface area contributed by atoms with E-state index in [2.05, 4.69) is 4.98 Å². The fourth-order valence-corrected chi connectivity index (χ4v) is 1.37. The number of aliphatic hydroxyl groups is 1. The Morgan fingerprint density at radius 3 is 3.00 bits per heavy atom. The van der Waals surface area contributed by atoms with Crippen LogP contribution < -0.4 is 0 Å². The van der Waals surface area contributed by atoms with Gasteiger partial charge in [-0.15, -0.1) is 0 Å². The predicted molar refractivity (Wildman–Crippen MR) is 51.5 cm³/mol. The van der Waals surface area contributed by atoms with Crippen LogP contribution in [0, 0.1) is 0 Å². The van der Waals surface area contributed by atoms with Crippen molar-refractivity contribution in [2.24, 2.45) is 0 Å². The Hall–Kier alpha value is -1.55. The lowest BCUT2D eigenvalue weighted by Crippen LogP contribution is -1.94. The maximum absolute atomic E-state index is 8.85. The van der Waals surface area contributed by atoms with Gasteiger partial charge in [0.2, 0.25) is 0 Å². The summed E-state index contributed by atoms with van der Waals surface area (Å²) in [6, 6.07) is 3.57. The average Bonchev–Trinajstić information content (AvgIpc) is 2.85. The highest BCUT2D eigenvalue weighted by Gasteiger charge is 2.08. The first kappa shape index (κ1) is 9.02. The van der Waals surface area contributed by atoms with Crippen LogP contribution in [0.2, 0.25) is 0 Å². The van der Waals surface area contributed by atoms with E-state index in [1.807, 2.05) is 23.8 Å². The largest absolute Gasteiger partial charge is 0.455 e. The van der Waals surface area contributed by atoms with Gasteiger partial charge in [0.1, 0.15) is 12.4 Å². The molecule has 0 spiro atoms. The number of aliphatic hydroxyl groups excluding tert-OH is 1. The van der Waals surface area contributed by atoms with Gasteiger partial charge < -0.3 is 14.1 Å². The Bertz CT molecular complexity index is 417. The summed E-state index contributed by atoms with van der Waals surface area (Å²) >= 11 is 0. The topological polar surface area (TPSA) is 51.2 Å². The highest BCUT2D eigenvalue weighted by atomic mass is 16.4. The molecule has 4 nitrogen and oxygen atoms in total. The maximum Gasteiger partial charge on any atom is 0.176 e. The molecule has 0 aromatic carbocycles. The highest BCUT2D eigenvalue weighted by Crippen LogP contribution is 2.20. The fraction of sp³-hybridized carbons (Fsp3) is 0.300. The molecule has 0 saturated heterocycles. The second kappa shape index (κ2) is 3.67. The monoisotopic (exact) mass is 192 g/mol. The Balaban J connectivity index is 2.38. The van der Waals surface area contributed by atoms with Gasteiger partial charge in [0.05, 0.1) is 0 Å². The summed E-state index contributed by atoms with van der Waals surface area (Å²) in [4.78, 5) is 4.19. The first-order valence-electron chi connectivity index (χ1n) is 4.56. The predicted octanol–water partition coefficient (Wildman–Crippen LogP) is 1.66. The van der Waals surface area contributed by atoms with E-state index >= 15 is 0 Å². The number of nitrogens with zero attached hydrogens (tertiary/aromatic N) is 2. The molecule has 4 heteroatoms. The molecule has 74 valence electrons. The number of imidazole rings is 1. The molecule has 0 aliphatic heterocycles. The van der Waals surface area contributed by atoms with Crippen LogP contribution in [0.5, 0.6) is 0 Å². The van der Waals surface area contributed by atoms with Gasteiger partial charge in [-0.05, 0) is 19.1 Å². The van der Waals surface area contributed by atoms with Crippen molar-refractivity contribution in [3.8, 4) is 11.6 Å². The molecule has 2 aromatic heterocycles. The van der Waals surface area contributed by atoms with Gasteiger partial charge in [-0.1, -0.05) is 0 Å². The Morgan fingerprint density at radius 1 is 1.50 bits per heavy atom. The summed E-state index contributed by atoms with van der Waals surface area (Å²) in [6.07, 6.45) is 3.64. The summed E-state index contributed by atoms with van der Waals surface area (Å²) in [5, 5.41) is 8.85. The van der Waals surface area contributed by atoms with Crippen molar-refractivity contribution in [1.29, 1.82) is 0 Å². The van der Waals surface area contributed by atoms with Gasteiger partial charge in [0.25, 0.3) is 0 Å². The van der Waals surface area contributed by atoms with Gasteiger partial charge in [-0.3, -0.25) is 0 Å². The number of rotatable bonds is 3. The van der Waals surface area contributed by atoms with E-state index in [4.69, 9.17) is 9.52 Å². The molecule has 2 rings (SSSR count). The lowest BCUT2D eigenvalue weighted by Gasteiger charge is -2.00. The van der Waals surface area contributed by atoms with E-state index in [0.29, 0.717) is 11.5 Å². The molecule has 0 saturated carbocycles. The molecular weight excluding hydrogens is 180 g/mol. The number of hydrogen-bond acceptors (Lipinski definition) is 3. The van der Waals surface area contributed by atoms with Gasteiger partial charge >= 0.3 is 0 Å². The summed E-state index contributed by atoms with van der Waals surface area (Å²) < 4.78 is 7.37. The number of aryl methyl sites for hydroxylation is 1. The standard InChI is InChI=1S/C10H12N2O2/c1-2-12-6-5-11-10(12)9-4-3-8(7-13)14-9/h3-6,13H,2,7H2,1H3. The summed E-state index contributed by atoms with van der Waals surface area (Å²) in [7, 11) is 0. The van der Waals surface area contributed by atoms with E-state index < -0.39 is 0 Å². The molecule has 0 aliphatic rings. The number of furan rings is 1. The van der Waals surface area contributed by atoms with Crippen LogP contribution in [0.3, 0.4) is 0 Å². The number of hydrogen-bond donors (Lipinski definition) is 1. The molecule has 2 aromatic rings. The highest BCUT2D eigenvalue weighted by molar-refractivity contribution is 5.47. The summed E-state index contributed by atoms with van der Waals surface area (Å²) in [6.45, 7) is 2.82. The van der Waals surface area contributed by atoms with Gasteiger partial charge in [-0.2, -0.15) is 0 Å². The second-order valence-electron chi connectivity index (χ2n) is 2.96. The fourth-order valence-electron chi connectivity index (χ4n) is 1.37. The molecule has 0 bridgehead atoms. The molecule has 0 atom stereocenters. The third kappa shape index (κ3) is 1.44. The second-order valence-corrected chi connectivity index (χ2v) is 2.96. The minimum atomic E-state index is -0.0766. The van der Waals surface area contributed by atoms with E-state index in [-0.39, 0.29) is 6.61 Å². The van der Waals surface area contributed by atoms with Gasteiger partial charge in [-0.25, -0.2) is 4.98 Å². The summed E-state index contributed by atoms with van der Waals surface area (Å²) in [5.41, 5.74) is 0. The van der Waals surface area contributed by atoms with Crippen molar-refractivity contribution in [2.75, 3.05) is 0 Å². The zero-order chi connectivity index (χ0) is 9.97. The average molecular weight is 192 g/mol. The van der Waals surface area contributed by atoms with Crippen molar-refractivity contribution >= 4 is 0 Å². The minimum absolute atomic E-state index is 0.0766. The van der Waals surface area contributed by atoms with E-state index in [1.54, 1.807) is 12.3 Å². The van der Waals surface area contributed by atoms with Gasteiger partial charge in [0.15, 0.2) is 11.6 Å². The first-order chi connectivity index (χ1) is 6.85. The van der Waals surface area contributed by atoms with Gasteiger partial charge in [0, 0.05) is 18.9 Å². The van der Waals surface area contributed by atoms with E-state index in [0.717, 1.165) is 12.4 Å². The van der Waals surface area contributed by atoms with Crippen molar-refractivity contribution in [3.63, 3.8) is 0 Å². The quantitative estimate of drug-likeness (QED) is 0.804. The molecular formula is C10H12N2O2. The van der Waals surface area contributed by atoms with Crippen LogP contribution in [-0.4, -0.2) is 14.7 Å². The van der Waals surface area contributed by atoms with Crippen LogP contribution in [0.25, 0.3) is 11.6 Å². The lowest BCUT2D eigenvalue weighted by molar-refractivity contribution is 0.248. The Morgan fingerprint density at radius 2 is 2.36 bits per heavy atom. The van der Waals surface area contributed by atoms with Crippen molar-refractivity contribution in [1.82, 2.24) is 9.55 Å². The van der Waals surface area contributed by atoms with E-state index in [1.165, 1.54) is 0 Å². The molecule has 0 amide bonds. The Kier molecular flexibility index (Phi) is 2.37. The third-order valence-corrected chi connectivity index (χ3v) is 2.09. The first-order valence-corrected chi connectivity index (χ1v) is 4.56. The summed E-state index contributed by atoms with van der Waals surface area (Å²) in [5.74, 6) is 2.05. The number of aromatic nitrogens is 2. The molecule has 14 heavy (non-hydrogen) atoms. The zero-order valence-electron chi connectivity index (χ0n) is 7.97. The smallest absolute Gasteiger partial charge is 0.176 e. The van der Waals surface area contributed by atoms with Crippen LogP contribution in [0.15, 0.2) is 28.9 Å².